The normalized spacial score (nSPS) is 16.6. The van der Waals surface area contributed by atoms with Crippen LogP contribution in [0.15, 0.2) is 33.1 Å². The molecule has 3 rings (SSSR count). The highest BCUT2D eigenvalue weighted by Crippen LogP contribution is 2.25. The first kappa shape index (κ1) is 23.1. The molecule has 1 fully saturated rings. The molecule has 0 saturated carbocycles. The number of hydrogen-bond donors (Lipinski definition) is 2. The van der Waals surface area contributed by atoms with Gasteiger partial charge in [-0.3, -0.25) is 9.89 Å². The first-order valence-electron chi connectivity index (χ1n) is 9.42. The Bertz CT molecular complexity index is 714. The van der Waals surface area contributed by atoms with Gasteiger partial charge in [0.1, 0.15) is 0 Å². The van der Waals surface area contributed by atoms with Crippen LogP contribution in [-0.2, 0) is 11.3 Å². The SMILES string of the molecule is CN=C(NCc1cc(C(C)C)no1)NCC(c1cccs1)N1CCOCC1.I. The molecule has 7 nitrogen and oxygen atoms in total. The lowest BCUT2D eigenvalue weighted by molar-refractivity contribution is 0.0177. The number of nitrogens with one attached hydrogen (secondary N) is 2. The third kappa shape index (κ3) is 6.43. The Morgan fingerprint density at radius 1 is 1.32 bits per heavy atom. The molecule has 28 heavy (non-hydrogen) atoms. The Morgan fingerprint density at radius 3 is 2.71 bits per heavy atom. The van der Waals surface area contributed by atoms with Crippen molar-refractivity contribution in [3.05, 3.63) is 39.9 Å². The van der Waals surface area contributed by atoms with E-state index >= 15 is 0 Å². The maximum atomic E-state index is 5.51. The average molecular weight is 519 g/mol. The van der Waals surface area contributed by atoms with Crippen molar-refractivity contribution in [2.45, 2.75) is 32.4 Å². The van der Waals surface area contributed by atoms with E-state index in [0.717, 1.165) is 50.3 Å². The van der Waals surface area contributed by atoms with Gasteiger partial charge in [-0.2, -0.15) is 0 Å². The summed E-state index contributed by atoms with van der Waals surface area (Å²) in [5, 5.41) is 13.0. The highest BCUT2D eigenvalue weighted by Gasteiger charge is 2.23. The molecule has 1 aliphatic heterocycles. The van der Waals surface area contributed by atoms with Crippen molar-refractivity contribution < 1.29 is 9.26 Å². The van der Waals surface area contributed by atoms with E-state index in [1.807, 2.05) is 6.07 Å². The first-order chi connectivity index (χ1) is 13.2. The number of thiophene rings is 1. The van der Waals surface area contributed by atoms with Crippen LogP contribution >= 0.6 is 35.3 Å². The van der Waals surface area contributed by atoms with Gasteiger partial charge in [0.05, 0.1) is 31.5 Å². The molecular formula is C19H30IN5O2S. The zero-order valence-electron chi connectivity index (χ0n) is 16.7. The first-order valence-corrected chi connectivity index (χ1v) is 10.3. The number of morpholine rings is 1. The molecule has 2 aromatic rings. The Kier molecular flexibility index (Phi) is 9.69. The molecule has 2 aromatic heterocycles. The van der Waals surface area contributed by atoms with Crippen molar-refractivity contribution in [2.75, 3.05) is 39.9 Å². The second-order valence-electron chi connectivity index (χ2n) is 6.86. The van der Waals surface area contributed by atoms with Crippen molar-refractivity contribution in [2.24, 2.45) is 4.99 Å². The third-order valence-electron chi connectivity index (χ3n) is 4.64. The fourth-order valence-electron chi connectivity index (χ4n) is 3.05. The lowest BCUT2D eigenvalue weighted by atomic mass is 10.1. The maximum absolute atomic E-state index is 5.51. The maximum Gasteiger partial charge on any atom is 0.191 e. The van der Waals surface area contributed by atoms with Crippen molar-refractivity contribution in [1.82, 2.24) is 20.7 Å². The summed E-state index contributed by atoms with van der Waals surface area (Å²) < 4.78 is 10.9. The molecule has 9 heteroatoms. The van der Waals surface area contributed by atoms with Gasteiger partial charge in [0.2, 0.25) is 0 Å². The molecule has 1 aliphatic rings. The third-order valence-corrected chi connectivity index (χ3v) is 5.62. The molecule has 1 unspecified atom stereocenters. The molecule has 0 spiro atoms. The highest BCUT2D eigenvalue weighted by atomic mass is 127. The van der Waals surface area contributed by atoms with E-state index in [9.17, 15) is 0 Å². The number of aromatic nitrogens is 1. The monoisotopic (exact) mass is 519 g/mol. The number of nitrogens with zero attached hydrogens (tertiary/aromatic N) is 3. The van der Waals surface area contributed by atoms with Crippen LogP contribution in [0.1, 0.15) is 42.1 Å². The van der Waals surface area contributed by atoms with Crippen molar-refractivity contribution in [3.8, 4) is 0 Å². The van der Waals surface area contributed by atoms with Gasteiger partial charge < -0.3 is 19.9 Å². The van der Waals surface area contributed by atoms with Gasteiger partial charge in [-0.1, -0.05) is 25.1 Å². The average Bonchev–Trinajstić information content (AvgIpc) is 3.37. The van der Waals surface area contributed by atoms with E-state index in [4.69, 9.17) is 9.26 Å². The zero-order chi connectivity index (χ0) is 19.1. The quantitative estimate of drug-likeness (QED) is 0.333. The topological polar surface area (TPSA) is 74.9 Å². The molecule has 0 bridgehead atoms. The summed E-state index contributed by atoms with van der Waals surface area (Å²) >= 11 is 1.79. The number of hydrogen-bond acceptors (Lipinski definition) is 6. The lowest BCUT2D eigenvalue weighted by Crippen LogP contribution is -2.46. The Hall–Kier alpha value is -1.17. The van der Waals surface area contributed by atoms with Crippen molar-refractivity contribution in [1.29, 1.82) is 0 Å². The largest absolute Gasteiger partial charge is 0.379 e. The predicted octanol–water partition coefficient (Wildman–Crippen LogP) is 3.22. The fraction of sp³-hybridized carbons (Fsp3) is 0.579. The van der Waals surface area contributed by atoms with Gasteiger partial charge >= 0.3 is 0 Å². The van der Waals surface area contributed by atoms with Crippen LogP contribution in [0.4, 0.5) is 0 Å². The number of ether oxygens (including phenoxy) is 1. The number of rotatable bonds is 7. The summed E-state index contributed by atoms with van der Waals surface area (Å²) in [5.41, 5.74) is 0.972. The summed E-state index contributed by atoms with van der Waals surface area (Å²) in [6, 6.07) is 6.61. The lowest BCUT2D eigenvalue weighted by Gasteiger charge is -2.34. The van der Waals surface area contributed by atoms with Gasteiger partial charge in [-0.05, 0) is 17.4 Å². The van der Waals surface area contributed by atoms with E-state index < -0.39 is 0 Å². The Balaban J connectivity index is 0.00000280. The highest BCUT2D eigenvalue weighted by molar-refractivity contribution is 14.0. The van der Waals surface area contributed by atoms with Gasteiger partial charge in [-0.25, -0.2) is 0 Å². The van der Waals surface area contributed by atoms with Gasteiger partial charge in [-0.15, -0.1) is 35.3 Å². The van der Waals surface area contributed by atoms with Crippen LogP contribution in [0.3, 0.4) is 0 Å². The smallest absolute Gasteiger partial charge is 0.191 e. The van der Waals surface area contributed by atoms with Crippen molar-refractivity contribution in [3.63, 3.8) is 0 Å². The van der Waals surface area contributed by atoms with E-state index in [1.165, 1.54) is 4.88 Å². The Labute approximate surface area is 187 Å². The van der Waals surface area contributed by atoms with Crippen LogP contribution in [0.2, 0.25) is 0 Å². The molecule has 0 aromatic carbocycles. The second kappa shape index (κ2) is 11.7. The molecule has 1 atom stereocenters. The molecule has 2 N–H and O–H groups in total. The minimum Gasteiger partial charge on any atom is -0.379 e. The summed E-state index contributed by atoms with van der Waals surface area (Å²) in [6.45, 7) is 9.03. The van der Waals surface area contributed by atoms with Crippen LogP contribution in [0, 0.1) is 0 Å². The van der Waals surface area contributed by atoms with Gasteiger partial charge in [0.15, 0.2) is 11.7 Å². The zero-order valence-corrected chi connectivity index (χ0v) is 19.8. The van der Waals surface area contributed by atoms with Crippen LogP contribution in [0.25, 0.3) is 0 Å². The van der Waals surface area contributed by atoms with Crippen LogP contribution in [-0.4, -0.2) is 55.9 Å². The molecule has 3 heterocycles. The molecule has 156 valence electrons. The van der Waals surface area contributed by atoms with E-state index in [1.54, 1.807) is 18.4 Å². The minimum atomic E-state index is 0. The summed E-state index contributed by atoms with van der Waals surface area (Å²) in [5.74, 6) is 1.93. The molecule has 0 radical (unpaired) electrons. The van der Waals surface area contributed by atoms with E-state index in [2.05, 4.69) is 57.0 Å². The number of guanidine groups is 1. The molecule has 0 aliphatic carbocycles. The Morgan fingerprint density at radius 2 is 2.11 bits per heavy atom. The predicted molar refractivity (Wildman–Crippen MR) is 124 cm³/mol. The number of aliphatic imine (C=N–C) groups is 1. The second-order valence-corrected chi connectivity index (χ2v) is 7.84. The molecular weight excluding hydrogens is 489 g/mol. The van der Waals surface area contributed by atoms with Crippen LogP contribution < -0.4 is 10.6 Å². The van der Waals surface area contributed by atoms with Gasteiger partial charge in [0.25, 0.3) is 0 Å². The minimum absolute atomic E-state index is 0. The van der Waals surface area contributed by atoms with Crippen LogP contribution in [0.5, 0.6) is 0 Å². The molecule has 1 saturated heterocycles. The summed E-state index contributed by atoms with van der Waals surface area (Å²) in [4.78, 5) is 8.17. The standard InChI is InChI=1S/C19H29N5O2S.HI/c1-14(2)16-11-15(26-23-16)12-21-19(20-3)22-13-17(18-5-4-10-27-18)24-6-8-25-9-7-24;/h4-5,10-11,14,17H,6-9,12-13H2,1-3H3,(H2,20,21,22);1H. The van der Waals surface area contributed by atoms with Crippen molar-refractivity contribution >= 4 is 41.3 Å². The van der Waals surface area contributed by atoms with E-state index in [0.29, 0.717) is 18.5 Å². The fourth-order valence-corrected chi connectivity index (χ4v) is 3.91. The van der Waals surface area contributed by atoms with Gasteiger partial charge in [0, 0.05) is 37.6 Å². The number of halogens is 1. The summed E-state index contributed by atoms with van der Waals surface area (Å²) in [7, 11) is 1.78. The van der Waals surface area contributed by atoms with E-state index in [-0.39, 0.29) is 24.0 Å². The molecule has 0 amide bonds. The summed E-state index contributed by atoms with van der Waals surface area (Å²) in [6.07, 6.45) is 0.